The average molecular weight is 457 g/mol. The van der Waals surface area contributed by atoms with Crippen molar-refractivity contribution >= 4 is 15.9 Å². The zero-order valence-electron chi connectivity index (χ0n) is 18.1. The number of rotatable bonds is 10. The van der Waals surface area contributed by atoms with Crippen LogP contribution in [0.1, 0.15) is 50.8 Å². The van der Waals surface area contributed by atoms with Gasteiger partial charge in [-0.15, -0.1) is 13.2 Å². The first-order valence-corrected chi connectivity index (χ1v) is 10.9. The van der Waals surface area contributed by atoms with Crippen molar-refractivity contribution in [3.63, 3.8) is 0 Å². The van der Waals surface area contributed by atoms with Gasteiger partial charge in [-0.3, -0.25) is 0 Å². The van der Waals surface area contributed by atoms with Crippen LogP contribution in [-0.2, 0) is 23.2 Å². The molecule has 0 bridgehead atoms. The van der Waals surface area contributed by atoms with E-state index < -0.39 is 5.60 Å². The lowest BCUT2D eigenvalue weighted by atomic mass is 9.86. The predicted molar refractivity (Wildman–Crippen MR) is 128 cm³/mol. The van der Waals surface area contributed by atoms with Gasteiger partial charge in [-0.05, 0) is 86.9 Å². The van der Waals surface area contributed by atoms with Crippen molar-refractivity contribution in [2.75, 3.05) is 6.61 Å². The maximum Gasteiger partial charge on any atom is 0.119 e. The highest BCUT2D eigenvalue weighted by atomic mass is 79.9. The van der Waals surface area contributed by atoms with E-state index >= 15 is 0 Å². The summed E-state index contributed by atoms with van der Waals surface area (Å²) in [6.07, 6.45) is 6.08. The van der Waals surface area contributed by atoms with Crippen LogP contribution in [-0.4, -0.2) is 16.0 Å². The Bertz CT molecular complexity index is 859. The maximum absolute atomic E-state index is 10.2. The van der Waals surface area contributed by atoms with Gasteiger partial charge in [0.1, 0.15) is 5.75 Å². The summed E-state index contributed by atoms with van der Waals surface area (Å²) >= 11 is 3.69. The normalized spacial score (nSPS) is 12.0. The molecule has 0 aliphatic rings. The van der Waals surface area contributed by atoms with Crippen LogP contribution < -0.4 is 0 Å². The predicted octanol–water partition coefficient (Wildman–Crippen LogP) is 7.33. The van der Waals surface area contributed by atoms with Gasteiger partial charge in [0.25, 0.3) is 0 Å². The van der Waals surface area contributed by atoms with E-state index in [1.54, 1.807) is 6.07 Å². The van der Waals surface area contributed by atoms with E-state index in [0.29, 0.717) is 18.8 Å². The molecule has 2 rings (SSSR count). The van der Waals surface area contributed by atoms with Crippen molar-refractivity contribution in [1.82, 2.24) is 0 Å². The van der Waals surface area contributed by atoms with Crippen LogP contribution >= 0.6 is 15.9 Å². The largest absolute Gasteiger partial charge is 0.508 e. The van der Waals surface area contributed by atoms with Gasteiger partial charge in [0.05, 0.1) is 5.60 Å². The molecule has 156 valence electrons. The van der Waals surface area contributed by atoms with E-state index in [4.69, 9.17) is 4.74 Å². The van der Waals surface area contributed by atoms with Crippen LogP contribution in [0.2, 0.25) is 0 Å². The number of allylic oxidation sites excluding steroid dienone is 2. The van der Waals surface area contributed by atoms with Crippen LogP contribution in [0.15, 0.2) is 61.7 Å². The van der Waals surface area contributed by atoms with E-state index in [0.717, 1.165) is 35.1 Å². The van der Waals surface area contributed by atoms with Crippen LogP contribution in [0.5, 0.6) is 5.75 Å². The zero-order chi connectivity index (χ0) is 21.7. The Kier molecular flexibility index (Phi) is 7.90. The van der Waals surface area contributed by atoms with Gasteiger partial charge in [0.2, 0.25) is 0 Å². The molecule has 0 saturated carbocycles. The lowest BCUT2D eigenvalue weighted by molar-refractivity contribution is -0.0242. The van der Waals surface area contributed by atoms with Gasteiger partial charge in [0, 0.05) is 10.9 Å². The summed E-state index contributed by atoms with van der Waals surface area (Å²) in [5, 5.41) is 10.2. The fourth-order valence-electron chi connectivity index (χ4n) is 3.35. The van der Waals surface area contributed by atoms with Crippen LogP contribution in [0.3, 0.4) is 0 Å². The SMILES string of the molecule is C=CCc1ccc(C(C)(C)OCCC(C)(C)Br)c(-c2ccc(O)c(CC=C)c2)c1. The van der Waals surface area contributed by atoms with Gasteiger partial charge in [0.15, 0.2) is 0 Å². The number of phenols is 1. The number of hydrogen-bond acceptors (Lipinski definition) is 2. The van der Waals surface area contributed by atoms with Gasteiger partial charge < -0.3 is 9.84 Å². The van der Waals surface area contributed by atoms with Gasteiger partial charge >= 0.3 is 0 Å². The number of ether oxygens (including phenoxy) is 1. The fraction of sp³-hybridized carbons (Fsp3) is 0.385. The third-order valence-electron chi connectivity index (χ3n) is 5.03. The third-order valence-corrected chi connectivity index (χ3v) is 5.42. The second-order valence-corrected chi connectivity index (χ2v) is 10.7. The standard InChI is InChI=1S/C26H33BrO2/c1-7-9-19-11-13-23(26(5,6)29-16-15-25(3,4)27)22(17-19)20-12-14-24(28)21(18-20)10-8-2/h7-8,11-14,17-18,28H,1-2,9-10,15-16H2,3-6H3. The molecule has 3 heteroatoms. The highest BCUT2D eigenvalue weighted by molar-refractivity contribution is 9.10. The zero-order valence-corrected chi connectivity index (χ0v) is 19.7. The molecule has 0 aliphatic carbocycles. The highest BCUT2D eigenvalue weighted by Crippen LogP contribution is 2.37. The number of alkyl halides is 1. The summed E-state index contributed by atoms with van der Waals surface area (Å²) in [4.78, 5) is 0. The Morgan fingerprint density at radius 1 is 1.00 bits per heavy atom. The maximum atomic E-state index is 10.2. The molecule has 0 amide bonds. The van der Waals surface area contributed by atoms with Gasteiger partial charge in [-0.2, -0.15) is 0 Å². The number of phenolic OH excluding ortho intramolecular Hbond substituents is 1. The smallest absolute Gasteiger partial charge is 0.119 e. The first kappa shape index (κ1) is 23.4. The molecule has 0 saturated heterocycles. The minimum Gasteiger partial charge on any atom is -0.508 e. The van der Waals surface area contributed by atoms with Gasteiger partial charge in [-0.25, -0.2) is 0 Å². The fourth-order valence-corrected chi connectivity index (χ4v) is 3.51. The molecular weight excluding hydrogens is 424 g/mol. The molecule has 0 fully saturated rings. The summed E-state index contributed by atoms with van der Waals surface area (Å²) in [5.41, 5.74) is 4.95. The van der Waals surface area contributed by atoms with E-state index in [-0.39, 0.29) is 4.32 Å². The molecule has 2 aromatic rings. The molecule has 0 radical (unpaired) electrons. The second-order valence-electron chi connectivity index (χ2n) is 8.54. The molecular formula is C26H33BrO2. The quantitative estimate of drug-likeness (QED) is 0.299. The molecule has 2 aromatic carbocycles. The molecule has 0 aromatic heterocycles. The topological polar surface area (TPSA) is 29.5 Å². The minimum atomic E-state index is -0.448. The van der Waals surface area contributed by atoms with Crippen molar-refractivity contribution in [3.05, 3.63) is 78.4 Å². The van der Waals surface area contributed by atoms with Crippen molar-refractivity contribution in [2.24, 2.45) is 0 Å². The summed E-state index contributed by atoms with van der Waals surface area (Å²) in [5.74, 6) is 0.299. The Morgan fingerprint density at radius 3 is 2.31 bits per heavy atom. The minimum absolute atomic E-state index is 0.0519. The average Bonchev–Trinajstić information content (AvgIpc) is 2.62. The molecule has 1 N–H and O–H groups in total. The van der Waals surface area contributed by atoms with E-state index in [9.17, 15) is 5.11 Å². The number of benzene rings is 2. The Hall–Kier alpha value is -1.84. The molecule has 0 aliphatic heterocycles. The van der Waals surface area contributed by atoms with Crippen LogP contribution in [0, 0.1) is 0 Å². The Morgan fingerprint density at radius 2 is 1.69 bits per heavy atom. The number of hydrogen-bond donors (Lipinski definition) is 1. The van der Waals surface area contributed by atoms with Crippen LogP contribution in [0.25, 0.3) is 11.1 Å². The second kappa shape index (κ2) is 9.77. The van der Waals surface area contributed by atoms with E-state index in [1.807, 2.05) is 24.3 Å². The van der Waals surface area contributed by atoms with Gasteiger partial charge in [-0.1, -0.05) is 52.3 Å². The third kappa shape index (κ3) is 6.58. The van der Waals surface area contributed by atoms with Crippen molar-refractivity contribution < 1.29 is 9.84 Å². The summed E-state index contributed by atoms with van der Waals surface area (Å²) in [7, 11) is 0. The Balaban J connectivity index is 2.49. The number of aromatic hydroxyl groups is 1. The molecule has 0 heterocycles. The highest BCUT2D eigenvalue weighted by Gasteiger charge is 2.26. The van der Waals surface area contributed by atoms with E-state index in [2.05, 4.69) is 75.0 Å². The van der Waals surface area contributed by atoms with Crippen LogP contribution in [0.4, 0.5) is 0 Å². The Labute approximate surface area is 184 Å². The van der Waals surface area contributed by atoms with Crippen molar-refractivity contribution in [3.8, 4) is 16.9 Å². The number of halogens is 1. The lowest BCUT2D eigenvalue weighted by Gasteiger charge is -2.30. The molecule has 0 unspecified atom stereocenters. The van der Waals surface area contributed by atoms with E-state index in [1.165, 1.54) is 5.56 Å². The first-order valence-electron chi connectivity index (χ1n) is 10.1. The van der Waals surface area contributed by atoms with Crippen molar-refractivity contribution in [2.45, 2.75) is 56.9 Å². The molecule has 0 spiro atoms. The molecule has 2 nitrogen and oxygen atoms in total. The summed E-state index contributed by atoms with van der Waals surface area (Å²) in [6, 6.07) is 12.3. The summed E-state index contributed by atoms with van der Waals surface area (Å²) in [6.45, 7) is 16.9. The molecule has 29 heavy (non-hydrogen) atoms. The van der Waals surface area contributed by atoms with Crippen molar-refractivity contribution in [1.29, 1.82) is 0 Å². The first-order chi connectivity index (χ1) is 13.6. The lowest BCUT2D eigenvalue weighted by Crippen LogP contribution is -2.25. The summed E-state index contributed by atoms with van der Waals surface area (Å²) < 4.78 is 6.39. The molecule has 0 atom stereocenters. The monoisotopic (exact) mass is 456 g/mol.